The van der Waals surface area contributed by atoms with Gasteiger partial charge in [0, 0.05) is 69.3 Å². The van der Waals surface area contributed by atoms with Crippen LogP contribution in [0, 0.1) is 17.9 Å². The van der Waals surface area contributed by atoms with Crippen LogP contribution in [0.4, 0.5) is 5.69 Å². The van der Waals surface area contributed by atoms with E-state index in [1.807, 2.05) is 112 Å². The van der Waals surface area contributed by atoms with Gasteiger partial charge in [0.05, 0.1) is 97.4 Å². The van der Waals surface area contributed by atoms with E-state index in [2.05, 4.69) is 94.6 Å². The summed E-state index contributed by atoms with van der Waals surface area (Å²) in [6, 6.07) is 45.4. The number of nitrogens with zero attached hydrogens (tertiary/aromatic N) is 6. The number of nitriles is 1. The SMILES string of the molecule is [2H]c1c([2H])c([2H])c2c(oc3c2c([2H])c([2H])c2c4c([2H])c([2H])c([2H])c([2H])c4n(-c4c(-n5c6ccccc6c6ccccc65)c(C#N)c(-n5c6ccc(C(C)(C)C)cc6c6cc(C(C)(C)C)c7c8ccccc8sc7c65)c([N+]#[C-])c4-n4c5ccccc5c5ccccc54)c32)c1[2H]. The lowest BCUT2D eigenvalue weighted by Gasteiger charge is -2.27. The Hall–Kier alpha value is -10.4. The monoisotopic (exact) mass is 1110 g/mol. The minimum absolute atomic E-state index is 0.00985. The quantitative estimate of drug-likeness (QED) is 0.165. The van der Waals surface area contributed by atoms with Crippen LogP contribution >= 0.6 is 11.3 Å². The Morgan fingerprint density at radius 1 is 0.476 bits per heavy atom. The van der Waals surface area contributed by atoms with E-state index in [1.165, 1.54) is 0 Å². The normalized spacial score (nSPS) is 14.3. The molecule has 11 aromatic carbocycles. The number of benzene rings is 11. The fraction of sp³-hybridized carbons (Fsp3) is 0.105. The molecule has 8 heteroatoms. The van der Waals surface area contributed by atoms with Crippen LogP contribution in [-0.2, 0) is 10.8 Å². The van der Waals surface area contributed by atoms with E-state index < -0.39 is 60.4 Å². The van der Waals surface area contributed by atoms with Crippen molar-refractivity contribution in [2.75, 3.05) is 0 Å². The Labute approximate surface area is 501 Å². The lowest BCUT2D eigenvalue weighted by molar-refractivity contribution is 0.591. The minimum atomic E-state index is -0.638. The van der Waals surface area contributed by atoms with Crippen LogP contribution in [0.2, 0.25) is 0 Å². The maximum Gasteiger partial charge on any atom is 0.237 e. The first-order valence-electron chi connectivity index (χ1n) is 32.9. The molecule has 6 heterocycles. The summed E-state index contributed by atoms with van der Waals surface area (Å²) in [5.41, 5.74) is 5.22. The second kappa shape index (κ2) is 17.1. The summed E-state index contributed by atoms with van der Waals surface area (Å²) >= 11 is 1.65. The maximum absolute atomic E-state index is 13.1. The molecule has 0 saturated heterocycles. The van der Waals surface area contributed by atoms with Gasteiger partial charge in [-0.15, -0.1) is 11.3 Å². The van der Waals surface area contributed by atoms with Gasteiger partial charge >= 0.3 is 0 Å². The number of hydrogen-bond acceptors (Lipinski definition) is 3. The molecule has 0 N–H and O–H groups in total. The van der Waals surface area contributed by atoms with Crippen molar-refractivity contribution >= 4 is 146 Å². The van der Waals surface area contributed by atoms with E-state index in [4.69, 9.17) is 12.0 Å². The third-order valence-electron chi connectivity index (χ3n) is 17.2. The molecule has 0 unspecified atom stereocenters. The van der Waals surface area contributed by atoms with E-state index in [0.717, 1.165) is 69.1 Å². The molecule has 0 atom stereocenters. The van der Waals surface area contributed by atoms with Crippen LogP contribution in [0.1, 0.15) is 71.9 Å². The molecule has 0 fully saturated rings. The molecule has 0 aliphatic heterocycles. The lowest BCUT2D eigenvalue weighted by atomic mass is 9.82. The summed E-state index contributed by atoms with van der Waals surface area (Å²) in [7, 11) is 0. The van der Waals surface area contributed by atoms with Gasteiger partial charge in [-0.2, -0.15) is 5.26 Å². The Balaban J connectivity index is 1.25. The smallest absolute Gasteiger partial charge is 0.237 e. The van der Waals surface area contributed by atoms with Gasteiger partial charge in [-0.25, -0.2) is 4.85 Å². The number of furan rings is 1. The van der Waals surface area contributed by atoms with Crippen molar-refractivity contribution in [3.05, 3.63) is 234 Å². The van der Waals surface area contributed by atoms with Crippen molar-refractivity contribution in [2.45, 2.75) is 52.4 Å². The lowest BCUT2D eigenvalue weighted by Crippen LogP contribution is -2.15. The predicted molar refractivity (Wildman–Crippen MR) is 352 cm³/mol. The highest BCUT2D eigenvalue weighted by Gasteiger charge is 2.37. The number of thiophene rings is 1. The summed E-state index contributed by atoms with van der Waals surface area (Å²) in [5.74, 6) is 0. The molecule has 0 bridgehead atoms. The van der Waals surface area contributed by atoms with Crippen LogP contribution in [0.15, 0.2) is 210 Å². The van der Waals surface area contributed by atoms with E-state index in [-0.39, 0.29) is 88.6 Å². The van der Waals surface area contributed by atoms with Gasteiger partial charge < -0.3 is 22.7 Å². The fourth-order valence-electron chi connectivity index (χ4n) is 13.5. The standard InChI is InChI=1S/C76H52N6OS/c1-75(2,3)43-36-39-62-53(40-43)54-41-56(76(4,5)6)65-52-28-14-21-35-64(52)84-74(65)70(54)81(62)67-55(42-77)68(79-57-29-15-8-22-44(57)45-23-9-16-30-58(45)79)72(71(66(67)78-7)80-59-31-17-10-24-46(59)47-25-11-18-32-60(47)80)82-61-33-19-12-26-48(61)50-37-38-51-49-27-13-20-34-63(49)83-73(51)69(50)82/h8-41H,1-6H3/i12D,13D,19D,20D,26D,27D,33D,34D,37D,38D. The summed E-state index contributed by atoms with van der Waals surface area (Å²) in [6.07, 6.45) is 0. The second-order valence-corrected chi connectivity index (χ2v) is 24.9. The molecule has 398 valence electrons. The number of para-hydroxylation sites is 6. The van der Waals surface area contributed by atoms with Gasteiger partial charge in [0.2, 0.25) is 5.69 Å². The molecule has 0 aliphatic carbocycles. The molecule has 84 heavy (non-hydrogen) atoms. The minimum Gasteiger partial charge on any atom is -0.454 e. The van der Waals surface area contributed by atoms with Gasteiger partial charge in [-0.3, -0.25) is 0 Å². The van der Waals surface area contributed by atoms with Crippen LogP contribution in [0.25, 0.3) is 157 Å². The van der Waals surface area contributed by atoms with Crippen LogP contribution in [-0.4, -0.2) is 18.3 Å². The molecular formula is C76H52N6OS. The molecule has 0 radical (unpaired) electrons. The first kappa shape index (κ1) is 39.1. The highest BCUT2D eigenvalue weighted by atomic mass is 32.1. The van der Waals surface area contributed by atoms with Gasteiger partial charge in [0.1, 0.15) is 11.7 Å². The third-order valence-corrected chi connectivity index (χ3v) is 18.3. The Morgan fingerprint density at radius 3 is 1.64 bits per heavy atom. The third kappa shape index (κ3) is 6.38. The molecule has 0 spiro atoms. The zero-order valence-corrected chi connectivity index (χ0v) is 47.2. The highest BCUT2D eigenvalue weighted by Crippen LogP contribution is 2.55. The fourth-order valence-corrected chi connectivity index (χ4v) is 14.8. The molecule has 17 rings (SSSR count). The Bertz CT molecular complexity index is 6230. The van der Waals surface area contributed by atoms with Crippen LogP contribution < -0.4 is 0 Å². The van der Waals surface area contributed by atoms with E-state index in [9.17, 15) is 22.8 Å². The number of hydrogen-bond donors (Lipinski definition) is 0. The molecule has 0 saturated carbocycles. The zero-order chi connectivity index (χ0) is 65.4. The van der Waals surface area contributed by atoms with E-state index >= 15 is 0 Å². The van der Waals surface area contributed by atoms with Crippen molar-refractivity contribution in [3.8, 4) is 28.8 Å². The Kier molecular flexibility index (Phi) is 7.96. The van der Waals surface area contributed by atoms with E-state index in [0.29, 0.717) is 27.6 Å². The van der Waals surface area contributed by atoms with Gasteiger partial charge in [0.25, 0.3) is 0 Å². The highest BCUT2D eigenvalue weighted by molar-refractivity contribution is 7.26. The summed E-state index contributed by atoms with van der Waals surface area (Å²) in [6.45, 7) is 23.4. The van der Waals surface area contributed by atoms with Crippen LogP contribution in [0.3, 0.4) is 0 Å². The van der Waals surface area contributed by atoms with Crippen molar-refractivity contribution in [1.29, 1.82) is 5.26 Å². The van der Waals surface area contributed by atoms with E-state index in [1.54, 1.807) is 15.9 Å². The molecular weight excluding hydrogens is 1040 g/mol. The summed E-state index contributed by atoms with van der Waals surface area (Å²) in [4.78, 5) is 4.78. The van der Waals surface area contributed by atoms with Gasteiger partial charge in [-0.1, -0.05) is 181 Å². The van der Waals surface area contributed by atoms with Gasteiger partial charge in [0.15, 0.2) is 5.58 Å². The number of aromatic nitrogens is 4. The Morgan fingerprint density at radius 2 is 1.02 bits per heavy atom. The number of rotatable bonds is 4. The molecule has 6 aromatic heterocycles. The molecule has 7 nitrogen and oxygen atoms in total. The van der Waals surface area contributed by atoms with Crippen molar-refractivity contribution in [1.82, 2.24) is 18.3 Å². The topological polar surface area (TPSA) is 61.0 Å². The average molecular weight is 1110 g/mol. The number of fused-ring (bicyclic) bond motifs is 20. The van der Waals surface area contributed by atoms with Crippen molar-refractivity contribution in [2.24, 2.45) is 0 Å². The van der Waals surface area contributed by atoms with Crippen molar-refractivity contribution in [3.63, 3.8) is 0 Å². The second-order valence-electron chi connectivity index (χ2n) is 23.8. The van der Waals surface area contributed by atoms with Crippen LogP contribution in [0.5, 0.6) is 0 Å². The predicted octanol–water partition coefficient (Wildman–Crippen LogP) is 21.4. The molecule has 0 amide bonds. The average Bonchev–Trinajstić information content (AvgIpc) is 1.49. The summed E-state index contributed by atoms with van der Waals surface area (Å²) in [5, 5.41) is 19.6. The first-order chi connectivity index (χ1) is 45.1. The van der Waals surface area contributed by atoms with Gasteiger partial charge in [-0.05, 0) is 88.6 Å². The summed E-state index contributed by atoms with van der Waals surface area (Å²) < 4.78 is 112. The molecule has 0 aliphatic rings. The maximum atomic E-state index is 13.1. The first-order valence-corrected chi connectivity index (χ1v) is 28.7. The zero-order valence-electron chi connectivity index (χ0n) is 56.4. The largest absolute Gasteiger partial charge is 0.454 e. The molecule has 17 aromatic rings. The van der Waals surface area contributed by atoms with Crippen molar-refractivity contribution < 1.29 is 18.1 Å².